The van der Waals surface area contributed by atoms with E-state index < -0.39 is 0 Å². The fourth-order valence-electron chi connectivity index (χ4n) is 2.43. The van der Waals surface area contributed by atoms with Crippen molar-refractivity contribution in [2.24, 2.45) is 5.92 Å². The Bertz CT molecular complexity index is 469. The molecule has 2 fully saturated rings. The number of urea groups is 1. The molecule has 0 aromatic heterocycles. The van der Waals surface area contributed by atoms with E-state index in [1.54, 1.807) is 5.01 Å². The summed E-state index contributed by atoms with van der Waals surface area (Å²) in [5.74, 6) is 0.556. The fourth-order valence-corrected chi connectivity index (χ4v) is 2.43. The van der Waals surface area contributed by atoms with Gasteiger partial charge in [0.15, 0.2) is 0 Å². The van der Waals surface area contributed by atoms with Gasteiger partial charge >= 0.3 is 6.03 Å². The highest BCUT2D eigenvalue weighted by atomic mass is 16.2. The summed E-state index contributed by atoms with van der Waals surface area (Å²) in [6, 6.07) is 7.84. The second-order valence-electron chi connectivity index (χ2n) is 5.14. The Morgan fingerprint density at radius 3 is 2.71 bits per heavy atom. The van der Waals surface area contributed by atoms with E-state index in [0.29, 0.717) is 5.92 Å². The van der Waals surface area contributed by atoms with Crippen LogP contribution < -0.4 is 15.8 Å². The van der Waals surface area contributed by atoms with E-state index in [0.717, 1.165) is 11.3 Å². The minimum Gasteiger partial charge on any atom is -0.317 e. The predicted octanol–water partition coefficient (Wildman–Crippen LogP) is 2.16. The standard InChI is InChI=1S/C13H17N3O/c1-9-5-3-4-6-11(9)16-12(17)14-13(2,15-16)10-7-8-10/h3-6,10,15H,7-8H2,1-2H3,(H,14,17). The van der Waals surface area contributed by atoms with E-state index in [1.165, 1.54) is 12.8 Å². The summed E-state index contributed by atoms with van der Waals surface area (Å²) in [4.78, 5) is 12.0. The molecule has 4 heteroatoms. The van der Waals surface area contributed by atoms with Gasteiger partial charge in [0.1, 0.15) is 5.66 Å². The van der Waals surface area contributed by atoms with Gasteiger partial charge in [0, 0.05) is 0 Å². The highest BCUT2D eigenvalue weighted by Gasteiger charge is 2.49. The zero-order valence-electron chi connectivity index (χ0n) is 10.2. The van der Waals surface area contributed by atoms with Gasteiger partial charge in [0.05, 0.1) is 5.69 Å². The highest BCUT2D eigenvalue weighted by Crippen LogP contribution is 2.40. The van der Waals surface area contributed by atoms with Crippen LogP contribution in [-0.2, 0) is 0 Å². The summed E-state index contributed by atoms with van der Waals surface area (Å²) in [6.07, 6.45) is 2.37. The SMILES string of the molecule is Cc1ccccc1N1NC(C)(C2CC2)NC1=O. The summed E-state index contributed by atoms with van der Waals surface area (Å²) in [6.45, 7) is 4.07. The molecule has 2 aliphatic rings. The number of rotatable bonds is 2. The topological polar surface area (TPSA) is 44.4 Å². The maximum absolute atomic E-state index is 12.0. The van der Waals surface area contributed by atoms with Gasteiger partial charge in [-0.15, -0.1) is 0 Å². The molecule has 1 unspecified atom stereocenters. The number of carbonyl (C=O) groups is 1. The lowest BCUT2D eigenvalue weighted by atomic mass is 10.1. The van der Waals surface area contributed by atoms with Crippen LogP contribution in [0.1, 0.15) is 25.3 Å². The summed E-state index contributed by atoms with van der Waals surface area (Å²) in [7, 11) is 0. The molecule has 1 aliphatic carbocycles. The van der Waals surface area contributed by atoms with Gasteiger partial charge in [-0.3, -0.25) is 0 Å². The van der Waals surface area contributed by atoms with Crippen LogP contribution in [0.15, 0.2) is 24.3 Å². The van der Waals surface area contributed by atoms with Crippen LogP contribution in [0.3, 0.4) is 0 Å². The zero-order chi connectivity index (χ0) is 12.0. The average Bonchev–Trinajstić information content (AvgIpc) is 3.07. The van der Waals surface area contributed by atoms with Gasteiger partial charge in [-0.05, 0) is 44.2 Å². The van der Waals surface area contributed by atoms with Crippen molar-refractivity contribution >= 4 is 11.7 Å². The molecule has 0 radical (unpaired) electrons. The fraction of sp³-hybridized carbons (Fsp3) is 0.462. The third-order valence-corrected chi connectivity index (χ3v) is 3.66. The van der Waals surface area contributed by atoms with Crippen molar-refractivity contribution in [1.29, 1.82) is 0 Å². The molecule has 90 valence electrons. The molecular weight excluding hydrogens is 214 g/mol. The van der Waals surface area contributed by atoms with Gasteiger partial charge in [-0.25, -0.2) is 15.2 Å². The Balaban J connectivity index is 1.90. The number of nitrogens with zero attached hydrogens (tertiary/aromatic N) is 1. The Kier molecular flexibility index (Phi) is 2.16. The number of hydrazine groups is 1. The number of hydrogen-bond donors (Lipinski definition) is 2. The molecule has 17 heavy (non-hydrogen) atoms. The Morgan fingerprint density at radius 1 is 1.35 bits per heavy atom. The first-order valence-corrected chi connectivity index (χ1v) is 6.06. The lowest BCUT2D eigenvalue weighted by molar-refractivity contribution is 0.245. The summed E-state index contributed by atoms with van der Waals surface area (Å²) in [5.41, 5.74) is 5.05. The average molecular weight is 231 g/mol. The first kappa shape index (κ1) is 10.6. The van der Waals surface area contributed by atoms with Crippen LogP contribution >= 0.6 is 0 Å². The van der Waals surface area contributed by atoms with Crippen molar-refractivity contribution in [2.75, 3.05) is 5.01 Å². The first-order valence-electron chi connectivity index (χ1n) is 6.06. The third-order valence-electron chi connectivity index (χ3n) is 3.66. The first-order chi connectivity index (χ1) is 8.10. The van der Waals surface area contributed by atoms with Crippen LogP contribution in [-0.4, -0.2) is 11.7 Å². The van der Waals surface area contributed by atoms with Gasteiger partial charge < -0.3 is 5.32 Å². The largest absolute Gasteiger partial charge is 0.338 e. The van der Waals surface area contributed by atoms with Gasteiger partial charge in [-0.1, -0.05) is 18.2 Å². The van der Waals surface area contributed by atoms with Crippen molar-refractivity contribution in [3.8, 4) is 0 Å². The number of anilines is 1. The number of hydrogen-bond acceptors (Lipinski definition) is 2. The van der Waals surface area contributed by atoms with Gasteiger partial charge in [-0.2, -0.15) is 0 Å². The van der Waals surface area contributed by atoms with Crippen LogP contribution in [0.2, 0.25) is 0 Å². The summed E-state index contributed by atoms with van der Waals surface area (Å²) in [5, 5.41) is 4.68. The van der Waals surface area contributed by atoms with Crippen LogP contribution in [0, 0.1) is 12.8 Å². The lowest BCUT2D eigenvalue weighted by Gasteiger charge is -2.25. The number of carbonyl (C=O) groups excluding carboxylic acids is 1. The maximum atomic E-state index is 12.0. The monoisotopic (exact) mass is 231 g/mol. The Morgan fingerprint density at radius 2 is 2.06 bits per heavy atom. The molecule has 1 atom stereocenters. The zero-order valence-corrected chi connectivity index (χ0v) is 10.2. The molecule has 0 bridgehead atoms. The van der Waals surface area contributed by atoms with Crippen molar-refractivity contribution in [3.63, 3.8) is 0 Å². The van der Waals surface area contributed by atoms with Crippen LogP contribution in [0.25, 0.3) is 0 Å². The second-order valence-corrected chi connectivity index (χ2v) is 5.14. The van der Waals surface area contributed by atoms with E-state index in [-0.39, 0.29) is 11.7 Å². The van der Waals surface area contributed by atoms with Crippen molar-refractivity contribution in [1.82, 2.24) is 10.7 Å². The smallest absolute Gasteiger partial charge is 0.317 e. The predicted molar refractivity (Wildman–Crippen MR) is 66.5 cm³/mol. The van der Waals surface area contributed by atoms with Crippen LogP contribution in [0.5, 0.6) is 0 Å². The minimum atomic E-state index is -0.278. The molecular formula is C13H17N3O. The van der Waals surface area contributed by atoms with Gasteiger partial charge in [0.2, 0.25) is 0 Å². The molecule has 2 N–H and O–H groups in total. The normalized spacial score (nSPS) is 28.4. The molecule has 1 saturated heterocycles. The number of benzene rings is 1. The van der Waals surface area contributed by atoms with Crippen LogP contribution in [0.4, 0.5) is 10.5 Å². The van der Waals surface area contributed by atoms with E-state index in [4.69, 9.17) is 0 Å². The third kappa shape index (κ3) is 1.69. The maximum Gasteiger partial charge on any atom is 0.338 e. The number of para-hydroxylation sites is 1. The minimum absolute atomic E-state index is 0.0614. The van der Waals surface area contributed by atoms with Crippen molar-refractivity contribution in [2.45, 2.75) is 32.4 Å². The molecule has 1 aromatic rings. The Hall–Kier alpha value is -1.55. The van der Waals surface area contributed by atoms with E-state index in [2.05, 4.69) is 17.7 Å². The van der Waals surface area contributed by atoms with Crippen molar-refractivity contribution in [3.05, 3.63) is 29.8 Å². The number of nitrogens with one attached hydrogen (secondary N) is 2. The molecule has 1 aromatic carbocycles. The molecule has 1 heterocycles. The van der Waals surface area contributed by atoms with Gasteiger partial charge in [0.25, 0.3) is 0 Å². The summed E-state index contributed by atoms with van der Waals surface area (Å²) >= 11 is 0. The molecule has 3 rings (SSSR count). The Labute approximate surface area is 101 Å². The molecule has 1 saturated carbocycles. The van der Waals surface area contributed by atoms with E-state index in [1.807, 2.05) is 31.2 Å². The molecule has 0 spiro atoms. The van der Waals surface area contributed by atoms with E-state index >= 15 is 0 Å². The van der Waals surface area contributed by atoms with Crippen molar-refractivity contribution < 1.29 is 4.79 Å². The molecule has 4 nitrogen and oxygen atoms in total. The molecule has 2 amide bonds. The quantitative estimate of drug-likeness (QED) is 0.819. The highest BCUT2D eigenvalue weighted by molar-refractivity contribution is 5.94. The number of aryl methyl sites for hydroxylation is 1. The number of amides is 2. The summed E-state index contributed by atoms with van der Waals surface area (Å²) < 4.78 is 0. The second kappa shape index (κ2) is 3.47. The molecule has 1 aliphatic heterocycles. The van der Waals surface area contributed by atoms with E-state index in [9.17, 15) is 4.79 Å². The lowest BCUT2D eigenvalue weighted by Crippen LogP contribution is -2.50.